The predicted octanol–water partition coefficient (Wildman–Crippen LogP) is 2.24. The molecule has 20 heavy (non-hydrogen) atoms. The van der Waals surface area contributed by atoms with E-state index in [1.165, 1.54) is 6.07 Å². The van der Waals surface area contributed by atoms with Gasteiger partial charge in [0.2, 0.25) is 5.91 Å². The molecule has 0 saturated carbocycles. The molecule has 0 aromatic heterocycles. The summed E-state index contributed by atoms with van der Waals surface area (Å²) in [6, 6.07) is 4.96. The first kappa shape index (κ1) is 14.6. The lowest BCUT2D eigenvalue weighted by atomic mass is 10.0. The van der Waals surface area contributed by atoms with E-state index in [0.717, 1.165) is 17.7 Å². The van der Waals surface area contributed by atoms with Crippen molar-refractivity contribution in [1.82, 2.24) is 10.6 Å². The van der Waals surface area contributed by atoms with Crippen molar-refractivity contribution in [3.05, 3.63) is 46.5 Å². The molecule has 2 rings (SSSR count). The maximum absolute atomic E-state index is 12.6. The lowest BCUT2D eigenvalue weighted by Gasteiger charge is -2.21. The minimum Gasteiger partial charge on any atom is -0.348 e. The Hall–Kier alpha value is -1.82. The summed E-state index contributed by atoms with van der Waals surface area (Å²) in [5.74, 6) is -0.237. The van der Waals surface area contributed by atoms with Gasteiger partial charge in [-0.15, -0.1) is 0 Å². The van der Waals surface area contributed by atoms with Crippen LogP contribution in [0.3, 0.4) is 0 Å². The normalized spacial score (nSPS) is 14.7. The van der Waals surface area contributed by atoms with E-state index in [4.69, 9.17) is 0 Å². The maximum atomic E-state index is 12.6. The maximum Gasteiger partial charge on any atom is 0.416 e. The molecule has 1 aliphatic rings. The second-order valence-corrected chi connectivity index (χ2v) is 4.71. The van der Waals surface area contributed by atoms with Crippen LogP contribution < -0.4 is 10.6 Å². The van der Waals surface area contributed by atoms with E-state index < -0.39 is 11.7 Å². The largest absolute Gasteiger partial charge is 0.416 e. The topological polar surface area (TPSA) is 41.1 Å². The highest BCUT2D eigenvalue weighted by atomic mass is 19.4. The third-order valence-electron chi connectivity index (χ3n) is 3.26. The third-order valence-corrected chi connectivity index (χ3v) is 3.26. The highest BCUT2D eigenvalue weighted by Gasteiger charge is 2.30. The monoisotopic (exact) mass is 284 g/mol. The second kappa shape index (κ2) is 5.66. The van der Waals surface area contributed by atoms with Crippen LogP contribution in [0.25, 0.3) is 0 Å². The van der Waals surface area contributed by atoms with Gasteiger partial charge in [0.05, 0.1) is 5.56 Å². The van der Waals surface area contributed by atoms with Gasteiger partial charge in [-0.2, -0.15) is 13.2 Å². The average molecular weight is 284 g/mol. The number of rotatable bonds is 3. The van der Waals surface area contributed by atoms with Crippen molar-refractivity contribution in [1.29, 1.82) is 0 Å². The number of hydrogen-bond donors (Lipinski definition) is 2. The van der Waals surface area contributed by atoms with Gasteiger partial charge in [0, 0.05) is 25.2 Å². The molecule has 0 spiro atoms. The van der Waals surface area contributed by atoms with Crippen molar-refractivity contribution in [3.8, 4) is 0 Å². The molecular formula is C14H15F3N2O. The molecule has 0 unspecified atom stereocenters. The van der Waals surface area contributed by atoms with Crippen molar-refractivity contribution < 1.29 is 18.0 Å². The van der Waals surface area contributed by atoms with Crippen LogP contribution in [0.4, 0.5) is 13.2 Å². The first-order chi connectivity index (χ1) is 9.38. The number of halogens is 3. The molecule has 0 aliphatic carbocycles. The first-order valence-corrected chi connectivity index (χ1v) is 6.21. The number of carbonyl (C=O) groups excluding carboxylic acids is 1. The predicted molar refractivity (Wildman–Crippen MR) is 68.9 cm³/mol. The van der Waals surface area contributed by atoms with E-state index in [1.54, 1.807) is 13.0 Å². The number of benzene rings is 1. The van der Waals surface area contributed by atoms with Crippen LogP contribution in [0.5, 0.6) is 0 Å². The molecule has 1 aromatic rings. The summed E-state index contributed by atoms with van der Waals surface area (Å²) in [6.07, 6.45) is -4.37. The van der Waals surface area contributed by atoms with Gasteiger partial charge < -0.3 is 10.6 Å². The smallest absolute Gasteiger partial charge is 0.348 e. The zero-order valence-corrected chi connectivity index (χ0v) is 11.0. The van der Waals surface area contributed by atoms with E-state index in [0.29, 0.717) is 24.2 Å². The van der Waals surface area contributed by atoms with Crippen molar-refractivity contribution in [2.24, 2.45) is 0 Å². The van der Waals surface area contributed by atoms with Gasteiger partial charge in [-0.05, 0) is 30.2 Å². The summed E-state index contributed by atoms with van der Waals surface area (Å²) >= 11 is 0. The standard InChI is InChI=1S/C14H15F3N2O/c1-9(11-7-18-8-11)13(20)19-6-10-3-2-4-12(5-10)14(15,16)17/h2-5,18H,6-8H2,1H3,(H,19,20). The Labute approximate surface area is 114 Å². The second-order valence-electron chi connectivity index (χ2n) is 4.71. The molecule has 108 valence electrons. The molecule has 3 nitrogen and oxygen atoms in total. The molecule has 1 aromatic carbocycles. The van der Waals surface area contributed by atoms with Crippen LogP contribution in [0.1, 0.15) is 18.1 Å². The molecule has 2 N–H and O–H groups in total. The molecule has 0 bridgehead atoms. The van der Waals surface area contributed by atoms with Crippen molar-refractivity contribution >= 4 is 5.91 Å². The Kier molecular flexibility index (Phi) is 4.13. The van der Waals surface area contributed by atoms with Crippen LogP contribution >= 0.6 is 0 Å². The summed E-state index contributed by atoms with van der Waals surface area (Å²) in [4.78, 5) is 11.8. The fraction of sp³-hybridized carbons (Fsp3) is 0.357. The molecule has 1 heterocycles. The van der Waals surface area contributed by atoms with Crippen LogP contribution in [-0.2, 0) is 17.5 Å². The zero-order valence-electron chi connectivity index (χ0n) is 11.0. The van der Waals surface area contributed by atoms with Crippen LogP contribution in [-0.4, -0.2) is 19.0 Å². The molecule has 1 amide bonds. The number of carbonyl (C=O) groups is 1. The van der Waals surface area contributed by atoms with Crippen molar-refractivity contribution in [3.63, 3.8) is 0 Å². The first-order valence-electron chi connectivity index (χ1n) is 6.21. The quantitative estimate of drug-likeness (QED) is 0.836. The van der Waals surface area contributed by atoms with Gasteiger partial charge in [-0.3, -0.25) is 4.79 Å². The van der Waals surface area contributed by atoms with E-state index in [9.17, 15) is 18.0 Å². The van der Waals surface area contributed by atoms with Gasteiger partial charge in [0.1, 0.15) is 0 Å². The lowest BCUT2D eigenvalue weighted by molar-refractivity contribution is -0.137. The van der Waals surface area contributed by atoms with Crippen LogP contribution in [0.15, 0.2) is 35.4 Å². The van der Waals surface area contributed by atoms with Crippen LogP contribution in [0, 0.1) is 0 Å². The Balaban J connectivity index is 1.99. The fourth-order valence-corrected chi connectivity index (χ4v) is 1.85. The Bertz CT molecular complexity index is 544. The van der Waals surface area contributed by atoms with Crippen molar-refractivity contribution in [2.45, 2.75) is 19.6 Å². The van der Waals surface area contributed by atoms with Gasteiger partial charge >= 0.3 is 6.18 Å². The van der Waals surface area contributed by atoms with Crippen LogP contribution in [0.2, 0.25) is 0 Å². The van der Waals surface area contributed by atoms with Gasteiger partial charge in [0.25, 0.3) is 0 Å². The minimum absolute atomic E-state index is 0.0841. The molecule has 0 radical (unpaired) electrons. The molecule has 1 fully saturated rings. The Morgan fingerprint density at radius 2 is 2.05 bits per heavy atom. The number of hydrogen-bond acceptors (Lipinski definition) is 2. The number of alkyl halides is 3. The molecule has 1 aliphatic heterocycles. The summed E-state index contributed by atoms with van der Waals surface area (Å²) < 4.78 is 37.7. The van der Waals surface area contributed by atoms with Crippen molar-refractivity contribution in [2.75, 3.05) is 13.1 Å². The minimum atomic E-state index is -4.37. The zero-order chi connectivity index (χ0) is 14.8. The van der Waals surface area contributed by atoms with Gasteiger partial charge in [-0.25, -0.2) is 0 Å². The SMILES string of the molecule is CC(C(=O)NCc1cccc(C(F)(F)F)c1)=C1CNC1. The molecule has 0 atom stereocenters. The van der Waals surface area contributed by atoms with Gasteiger partial charge in [-0.1, -0.05) is 12.1 Å². The van der Waals surface area contributed by atoms with Gasteiger partial charge in [0.15, 0.2) is 0 Å². The average Bonchev–Trinajstić information content (AvgIpc) is 2.33. The van der Waals surface area contributed by atoms with E-state index in [-0.39, 0.29) is 12.5 Å². The van der Waals surface area contributed by atoms with E-state index >= 15 is 0 Å². The highest BCUT2D eigenvalue weighted by molar-refractivity contribution is 5.93. The number of amides is 1. The van der Waals surface area contributed by atoms with E-state index in [1.807, 2.05) is 0 Å². The molecule has 6 heteroatoms. The lowest BCUT2D eigenvalue weighted by Crippen LogP contribution is -2.37. The van der Waals surface area contributed by atoms with E-state index in [2.05, 4.69) is 10.6 Å². The summed E-state index contributed by atoms with van der Waals surface area (Å²) in [7, 11) is 0. The molecule has 1 saturated heterocycles. The summed E-state index contributed by atoms with van der Waals surface area (Å²) in [5.41, 5.74) is 1.39. The number of nitrogens with one attached hydrogen (secondary N) is 2. The Morgan fingerprint density at radius 1 is 1.35 bits per heavy atom. The molecular weight excluding hydrogens is 269 g/mol. The fourth-order valence-electron chi connectivity index (χ4n) is 1.85. The summed E-state index contributed by atoms with van der Waals surface area (Å²) in [6.45, 7) is 3.20. The highest BCUT2D eigenvalue weighted by Crippen LogP contribution is 2.29. The third kappa shape index (κ3) is 3.39. The summed E-state index contributed by atoms with van der Waals surface area (Å²) in [5, 5.41) is 5.67. The Morgan fingerprint density at radius 3 is 2.60 bits per heavy atom.